The summed E-state index contributed by atoms with van der Waals surface area (Å²) in [5.74, 6) is -0.390. The number of ether oxygens (including phenoxy) is 1. The number of hydrogen-bond acceptors (Lipinski definition) is 6. The van der Waals surface area contributed by atoms with E-state index in [4.69, 9.17) is 4.74 Å². The molecule has 0 aliphatic carbocycles. The highest BCUT2D eigenvalue weighted by Gasteiger charge is 2.18. The van der Waals surface area contributed by atoms with Gasteiger partial charge in [-0.3, -0.25) is 4.72 Å². The lowest BCUT2D eigenvalue weighted by atomic mass is 10.1. The van der Waals surface area contributed by atoms with Crippen LogP contribution in [0.15, 0.2) is 48.8 Å². The maximum absolute atomic E-state index is 11.6. The minimum Gasteiger partial charge on any atom is -0.497 e. The Morgan fingerprint density at radius 1 is 1.26 bits per heavy atom. The number of methoxy groups -OCH3 is 1. The van der Waals surface area contributed by atoms with Crippen LogP contribution < -0.4 is 9.46 Å². The summed E-state index contributed by atoms with van der Waals surface area (Å²) in [6.45, 7) is 0. The van der Waals surface area contributed by atoms with Crippen LogP contribution in [-0.4, -0.2) is 47.6 Å². The fourth-order valence-electron chi connectivity index (χ4n) is 2.42. The first-order chi connectivity index (χ1) is 12.8. The first-order valence-electron chi connectivity index (χ1n) is 7.68. The lowest BCUT2D eigenvalue weighted by Crippen LogP contribution is -2.10. The highest BCUT2D eigenvalue weighted by atomic mass is 32.2. The molecule has 9 nitrogen and oxygen atoms in total. The molecular formula is C17H16N4O5S. The molecule has 0 aliphatic heterocycles. The molecule has 0 bridgehead atoms. The molecule has 0 saturated heterocycles. The van der Waals surface area contributed by atoms with Crippen molar-refractivity contribution in [1.82, 2.24) is 14.8 Å². The summed E-state index contributed by atoms with van der Waals surface area (Å²) >= 11 is 0. The lowest BCUT2D eigenvalue weighted by Gasteiger charge is -2.05. The second kappa shape index (κ2) is 7.08. The molecule has 0 fully saturated rings. The maximum Gasteiger partial charge on any atom is 0.339 e. The number of pyridine rings is 1. The van der Waals surface area contributed by atoms with Gasteiger partial charge in [0.05, 0.1) is 25.2 Å². The van der Waals surface area contributed by atoms with E-state index < -0.39 is 16.0 Å². The Morgan fingerprint density at radius 2 is 2.04 bits per heavy atom. The van der Waals surface area contributed by atoms with Crippen LogP contribution in [0, 0.1) is 0 Å². The molecule has 0 amide bonds. The molecule has 27 heavy (non-hydrogen) atoms. The summed E-state index contributed by atoms with van der Waals surface area (Å²) in [6.07, 6.45) is 3.79. The Hall–Kier alpha value is -3.40. The SMILES string of the molecule is COc1cccc(-c2nn(-c3ccc(NS(C)(=O)=O)nc3)cc2C(=O)O)c1. The van der Waals surface area contributed by atoms with Gasteiger partial charge in [0.25, 0.3) is 0 Å². The van der Waals surface area contributed by atoms with E-state index in [0.29, 0.717) is 17.0 Å². The van der Waals surface area contributed by atoms with Crippen molar-refractivity contribution in [1.29, 1.82) is 0 Å². The van der Waals surface area contributed by atoms with Gasteiger partial charge in [-0.25, -0.2) is 22.9 Å². The predicted molar refractivity (Wildman–Crippen MR) is 98.8 cm³/mol. The van der Waals surface area contributed by atoms with E-state index in [2.05, 4.69) is 14.8 Å². The molecule has 3 aromatic rings. The quantitative estimate of drug-likeness (QED) is 0.662. The van der Waals surface area contributed by atoms with Gasteiger partial charge in [-0.1, -0.05) is 12.1 Å². The van der Waals surface area contributed by atoms with Gasteiger partial charge in [0.1, 0.15) is 22.8 Å². The summed E-state index contributed by atoms with van der Waals surface area (Å²) in [7, 11) is -1.91. The molecular weight excluding hydrogens is 372 g/mol. The Balaban J connectivity index is 2.01. The molecule has 0 atom stereocenters. The van der Waals surface area contributed by atoms with Gasteiger partial charge in [0, 0.05) is 11.8 Å². The number of sulfonamides is 1. The minimum atomic E-state index is -3.44. The molecule has 2 heterocycles. The fourth-order valence-corrected chi connectivity index (χ4v) is 2.92. The van der Waals surface area contributed by atoms with E-state index in [9.17, 15) is 18.3 Å². The van der Waals surface area contributed by atoms with Crippen molar-refractivity contribution in [3.8, 4) is 22.7 Å². The normalized spacial score (nSPS) is 11.2. The molecule has 10 heteroatoms. The van der Waals surface area contributed by atoms with Crippen LogP contribution in [0.25, 0.3) is 16.9 Å². The smallest absolute Gasteiger partial charge is 0.339 e. The Morgan fingerprint density at radius 3 is 2.63 bits per heavy atom. The van der Waals surface area contributed by atoms with E-state index in [-0.39, 0.29) is 17.1 Å². The second-order valence-electron chi connectivity index (χ2n) is 5.65. The van der Waals surface area contributed by atoms with E-state index in [1.165, 1.54) is 30.3 Å². The number of carbonyl (C=O) groups is 1. The van der Waals surface area contributed by atoms with Crippen molar-refractivity contribution >= 4 is 21.8 Å². The van der Waals surface area contributed by atoms with Crippen molar-refractivity contribution in [3.05, 3.63) is 54.4 Å². The highest BCUT2D eigenvalue weighted by Crippen LogP contribution is 2.27. The first-order valence-corrected chi connectivity index (χ1v) is 9.57. The third-order valence-electron chi connectivity index (χ3n) is 3.59. The van der Waals surface area contributed by atoms with Crippen molar-refractivity contribution in [2.24, 2.45) is 0 Å². The van der Waals surface area contributed by atoms with Gasteiger partial charge < -0.3 is 9.84 Å². The number of hydrogen-bond donors (Lipinski definition) is 2. The lowest BCUT2D eigenvalue weighted by molar-refractivity contribution is 0.0697. The fraction of sp³-hybridized carbons (Fsp3) is 0.118. The summed E-state index contributed by atoms with van der Waals surface area (Å²) in [6, 6.07) is 9.96. The Kier molecular flexibility index (Phi) is 4.82. The molecule has 3 rings (SSSR count). The number of aromatic nitrogens is 3. The first kappa shape index (κ1) is 18.4. The molecule has 0 spiro atoms. The third kappa shape index (κ3) is 4.23. The van der Waals surface area contributed by atoms with Crippen molar-refractivity contribution in [2.45, 2.75) is 0 Å². The topological polar surface area (TPSA) is 123 Å². The third-order valence-corrected chi connectivity index (χ3v) is 4.17. The molecule has 0 unspecified atom stereocenters. The van der Waals surface area contributed by atoms with Crippen LogP contribution in [0.2, 0.25) is 0 Å². The van der Waals surface area contributed by atoms with Gasteiger partial charge in [-0.15, -0.1) is 0 Å². The standard InChI is InChI=1S/C17H16N4O5S/c1-26-13-5-3-4-11(8-13)16-14(17(22)23)10-21(19-16)12-6-7-15(18-9-12)20-27(2,24)25/h3-10H,1-2H3,(H,18,20)(H,22,23). The Labute approximate surface area is 155 Å². The maximum atomic E-state index is 11.6. The van der Waals surface area contributed by atoms with Crippen molar-refractivity contribution in [3.63, 3.8) is 0 Å². The monoisotopic (exact) mass is 388 g/mol. The second-order valence-corrected chi connectivity index (χ2v) is 7.40. The predicted octanol–water partition coefficient (Wildman–Crippen LogP) is 2.01. The van der Waals surface area contributed by atoms with Gasteiger partial charge in [0.2, 0.25) is 10.0 Å². The van der Waals surface area contributed by atoms with E-state index in [1.807, 2.05) is 0 Å². The molecule has 0 saturated carbocycles. The number of benzene rings is 1. The minimum absolute atomic E-state index is 0.0154. The molecule has 0 aliphatic rings. The van der Waals surface area contributed by atoms with E-state index in [0.717, 1.165) is 6.26 Å². The van der Waals surface area contributed by atoms with Gasteiger partial charge in [0.15, 0.2) is 0 Å². The number of rotatable bonds is 6. The summed E-state index contributed by atoms with van der Waals surface area (Å²) in [5, 5.41) is 13.9. The van der Waals surface area contributed by atoms with Crippen LogP contribution in [0.1, 0.15) is 10.4 Å². The van der Waals surface area contributed by atoms with Crippen molar-refractivity contribution in [2.75, 3.05) is 18.1 Å². The number of nitrogens with one attached hydrogen (secondary N) is 1. The molecule has 1 aromatic carbocycles. The summed E-state index contributed by atoms with van der Waals surface area (Å²) in [4.78, 5) is 15.6. The van der Waals surface area contributed by atoms with Gasteiger partial charge in [-0.2, -0.15) is 5.10 Å². The zero-order valence-electron chi connectivity index (χ0n) is 14.4. The van der Waals surface area contributed by atoms with Crippen LogP contribution in [0.3, 0.4) is 0 Å². The average molecular weight is 388 g/mol. The van der Waals surface area contributed by atoms with Crippen molar-refractivity contribution < 1.29 is 23.1 Å². The summed E-state index contributed by atoms with van der Waals surface area (Å²) < 4.78 is 31.3. The zero-order chi connectivity index (χ0) is 19.6. The van der Waals surface area contributed by atoms with E-state index in [1.54, 1.807) is 30.3 Å². The zero-order valence-corrected chi connectivity index (χ0v) is 15.3. The highest BCUT2D eigenvalue weighted by molar-refractivity contribution is 7.92. The van der Waals surface area contributed by atoms with Crippen LogP contribution in [0.4, 0.5) is 5.82 Å². The molecule has 2 aromatic heterocycles. The van der Waals surface area contributed by atoms with Crippen LogP contribution in [0.5, 0.6) is 5.75 Å². The molecule has 2 N–H and O–H groups in total. The van der Waals surface area contributed by atoms with Crippen LogP contribution >= 0.6 is 0 Å². The largest absolute Gasteiger partial charge is 0.497 e. The van der Waals surface area contributed by atoms with Crippen LogP contribution in [-0.2, 0) is 10.0 Å². The number of anilines is 1. The number of nitrogens with zero attached hydrogens (tertiary/aromatic N) is 3. The number of carboxylic acids is 1. The van der Waals surface area contributed by atoms with Gasteiger partial charge in [-0.05, 0) is 24.3 Å². The van der Waals surface area contributed by atoms with Gasteiger partial charge >= 0.3 is 5.97 Å². The average Bonchev–Trinajstić information content (AvgIpc) is 3.07. The molecule has 140 valence electrons. The Bertz CT molecular complexity index is 1090. The summed E-state index contributed by atoms with van der Waals surface area (Å²) in [5.41, 5.74) is 1.36. The number of carboxylic acid groups (broad SMARTS) is 1. The number of aromatic carboxylic acids is 1. The molecule has 0 radical (unpaired) electrons. The van der Waals surface area contributed by atoms with E-state index >= 15 is 0 Å².